The second kappa shape index (κ2) is 6.74. The van der Waals surface area contributed by atoms with Crippen LogP contribution in [-0.4, -0.2) is 33.9 Å². The zero-order valence-corrected chi connectivity index (χ0v) is 14.4. The van der Waals surface area contributed by atoms with Crippen LogP contribution in [0.25, 0.3) is 16.6 Å². The van der Waals surface area contributed by atoms with Crippen molar-refractivity contribution in [1.82, 2.24) is 14.6 Å². The van der Waals surface area contributed by atoms with E-state index in [1.165, 1.54) is 23.8 Å². The first kappa shape index (κ1) is 18.4. The van der Waals surface area contributed by atoms with E-state index in [1.54, 1.807) is 18.3 Å². The van der Waals surface area contributed by atoms with Gasteiger partial charge in [-0.3, -0.25) is 0 Å². The lowest BCUT2D eigenvalue weighted by molar-refractivity contribution is -0.138. The van der Waals surface area contributed by atoms with Crippen LogP contribution in [0.5, 0.6) is 5.88 Å². The summed E-state index contributed by atoms with van der Waals surface area (Å²) >= 11 is 0. The number of nitrogens with one attached hydrogen (secondary N) is 2. The number of hydrogen-bond acceptors (Lipinski definition) is 7. The summed E-state index contributed by atoms with van der Waals surface area (Å²) in [5, 5.41) is 9.70. The number of methoxy groups -OCH3 is 1. The van der Waals surface area contributed by atoms with E-state index in [9.17, 15) is 13.2 Å². The Kier molecular flexibility index (Phi) is 4.60. The fraction of sp³-hybridized carbons (Fsp3) is 0.250. The first-order chi connectivity index (χ1) is 12.7. The van der Waals surface area contributed by atoms with Crippen molar-refractivity contribution in [3.8, 4) is 17.0 Å². The van der Waals surface area contributed by atoms with Crippen molar-refractivity contribution in [3.63, 3.8) is 0 Å². The number of rotatable bonds is 5. The van der Waals surface area contributed by atoms with Gasteiger partial charge in [0.15, 0.2) is 0 Å². The Morgan fingerprint density at radius 3 is 2.70 bits per heavy atom. The van der Waals surface area contributed by atoms with Crippen LogP contribution in [0.2, 0.25) is 0 Å². The molecular weight excluding hydrogens is 363 g/mol. The summed E-state index contributed by atoms with van der Waals surface area (Å²) in [5.74, 6) is 0.251. The summed E-state index contributed by atoms with van der Waals surface area (Å²) in [7, 11) is 1.43. The minimum atomic E-state index is -4.44. The van der Waals surface area contributed by atoms with E-state index < -0.39 is 12.2 Å². The number of anilines is 2. The van der Waals surface area contributed by atoms with Crippen molar-refractivity contribution < 1.29 is 17.9 Å². The van der Waals surface area contributed by atoms with Crippen LogP contribution in [0.3, 0.4) is 0 Å². The molecule has 8 nitrogen and oxygen atoms in total. The van der Waals surface area contributed by atoms with Crippen molar-refractivity contribution in [1.29, 1.82) is 5.53 Å². The molecule has 0 spiro atoms. The summed E-state index contributed by atoms with van der Waals surface area (Å²) in [6.07, 6.45) is -2.80. The Labute approximate surface area is 151 Å². The van der Waals surface area contributed by atoms with Gasteiger partial charge in [0.1, 0.15) is 17.2 Å². The molecule has 0 amide bonds. The average molecular weight is 379 g/mol. The highest BCUT2D eigenvalue weighted by Crippen LogP contribution is 2.37. The van der Waals surface area contributed by atoms with E-state index in [-0.39, 0.29) is 23.2 Å². The number of nitrogens with two attached hydrogens (primary N) is 1. The van der Waals surface area contributed by atoms with Crippen LogP contribution in [0, 0.1) is 5.53 Å². The monoisotopic (exact) mass is 379 g/mol. The smallest absolute Gasteiger partial charge is 0.408 e. The lowest BCUT2D eigenvalue weighted by Crippen LogP contribution is -2.33. The molecule has 3 aromatic rings. The zero-order chi connectivity index (χ0) is 19.8. The Balaban J connectivity index is 2.12. The van der Waals surface area contributed by atoms with E-state index in [4.69, 9.17) is 16.0 Å². The SMILES string of the molecule is COc1nc(N)nn2ccc(-c3ccc(N=N)c(N[C@H](C)C(F)(F)F)c3)c12. The largest absolute Gasteiger partial charge is 0.479 e. The third-order valence-corrected chi connectivity index (χ3v) is 3.98. The molecule has 0 unspecified atom stereocenters. The molecule has 4 N–H and O–H groups in total. The fourth-order valence-electron chi connectivity index (χ4n) is 2.62. The molecule has 1 atom stereocenters. The molecule has 0 aliphatic heterocycles. The Morgan fingerprint density at radius 1 is 1.33 bits per heavy atom. The average Bonchev–Trinajstić information content (AvgIpc) is 3.03. The minimum Gasteiger partial charge on any atom is -0.479 e. The summed E-state index contributed by atoms with van der Waals surface area (Å²) < 4.78 is 45.4. The molecule has 0 saturated carbocycles. The number of alkyl halides is 3. The molecule has 0 bridgehead atoms. The second-order valence-electron chi connectivity index (χ2n) is 5.75. The van der Waals surface area contributed by atoms with Crippen molar-refractivity contribution in [2.45, 2.75) is 19.1 Å². The van der Waals surface area contributed by atoms with Gasteiger partial charge in [0.2, 0.25) is 11.8 Å². The van der Waals surface area contributed by atoms with Crippen LogP contribution >= 0.6 is 0 Å². The molecule has 2 aromatic heterocycles. The molecule has 11 heteroatoms. The minimum absolute atomic E-state index is 0.0196. The summed E-state index contributed by atoms with van der Waals surface area (Å²) in [4.78, 5) is 4.03. The highest BCUT2D eigenvalue weighted by atomic mass is 19.4. The molecule has 0 aliphatic carbocycles. The van der Waals surface area contributed by atoms with Gasteiger partial charge in [0.05, 0.1) is 12.8 Å². The highest BCUT2D eigenvalue weighted by molar-refractivity contribution is 5.87. The predicted molar refractivity (Wildman–Crippen MR) is 93.3 cm³/mol. The van der Waals surface area contributed by atoms with Gasteiger partial charge in [0.25, 0.3) is 0 Å². The number of aromatic nitrogens is 3. The van der Waals surface area contributed by atoms with Gasteiger partial charge in [-0.1, -0.05) is 6.07 Å². The van der Waals surface area contributed by atoms with Crippen LogP contribution in [0.4, 0.5) is 30.5 Å². The molecular formula is C16H16F3N7O. The molecule has 0 radical (unpaired) electrons. The summed E-state index contributed by atoms with van der Waals surface area (Å²) in [6.45, 7) is 0.994. The molecule has 0 aliphatic rings. The van der Waals surface area contributed by atoms with Gasteiger partial charge in [-0.25, -0.2) is 10.0 Å². The first-order valence-corrected chi connectivity index (χ1v) is 7.78. The zero-order valence-electron chi connectivity index (χ0n) is 14.4. The van der Waals surface area contributed by atoms with Gasteiger partial charge in [-0.15, -0.1) is 5.10 Å². The Hall–Kier alpha value is -3.37. The maximum absolute atomic E-state index is 12.9. The third-order valence-electron chi connectivity index (χ3n) is 3.98. The quantitative estimate of drug-likeness (QED) is 0.580. The summed E-state index contributed by atoms with van der Waals surface area (Å²) in [6, 6.07) is 4.50. The van der Waals surface area contributed by atoms with E-state index >= 15 is 0 Å². The molecule has 0 fully saturated rings. The molecule has 0 saturated heterocycles. The molecule has 27 heavy (non-hydrogen) atoms. The number of nitrogens with zero attached hydrogens (tertiary/aromatic N) is 4. The number of nitrogen functional groups attached to an aromatic ring is 1. The number of fused-ring (bicyclic) bond motifs is 1. The molecule has 3 rings (SSSR count). The van der Waals surface area contributed by atoms with Crippen LogP contribution in [0.1, 0.15) is 6.92 Å². The molecule has 2 heterocycles. The van der Waals surface area contributed by atoms with Gasteiger partial charge in [-0.05, 0) is 30.7 Å². The van der Waals surface area contributed by atoms with Crippen molar-refractivity contribution in [2.75, 3.05) is 18.2 Å². The fourth-order valence-corrected chi connectivity index (χ4v) is 2.62. The Bertz CT molecular complexity index is 1000. The molecule has 1 aromatic carbocycles. The second-order valence-corrected chi connectivity index (χ2v) is 5.75. The normalized spacial score (nSPS) is 12.8. The lowest BCUT2D eigenvalue weighted by Gasteiger charge is -2.19. The standard InChI is InChI=1S/C16H16F3N7O/c1-8(16(17,18)19)22-12-7-9(3-4-11(12)24-21)10-5-6-26-13(10)14(27-2)23-15(20)25-26/h3-8,21-22H,1-2H3,(H2,20,25)/t8-/m1/s1. The van der Waals surface area contributed by atoms with Gasteiger partial charge in [0, 0.05) is 11.8 Å². The lowest BCUT2D eigenvalue weighted by atomic mass is 10.1. The van der Waals surface area contributed by atoms with Gasteiger partial charge >= 0.3 is 6.18 Å². The van der Waals surface area contributed by atoms with Gasteiger partial charge in [-0.2, -0.15) is 23.3 Å². The van der Waals surface area contributed by atoms with Gasteiger partial charge < -0.3 is 15.8 Å². The van der Waals surface area contributed by atoms with Crippen LogP contribution in [0.15, 0.2) is 35.6 Å². The molecule has 142 valence electrons. The van der Waals surface area contributed by atoms with E-state index in [2.05, 4.69) is 20.5 Å². The van der Waals surface area contributed by atoms with Crippen molar-refractivity contribution in [2.24, 2.45) is 5.11 Å². The number of halogens is 3. The van der Waals surface area contributed by atoms with E-state index in [0.717, 1.165) is 6.92 Å². The first-order valence-electron chi connectivity index (χ1n) is 7.78. The Morgan fingerprint density at radius 2 is 2.07 bits per heavy atom. The van der Waals surface area contributed by atoms with E-state index in [0.29, 0.717) is 16.6 Å². The maximum Gasteiger partial charge on any atom is 0.408 e. The number of hydrogen-bond donors (Lipinski definition) is 3. The summed E-state index contributed by atoms with van der Waals surface area (Å²) in [5.41, 5.74) is 14.7. The predicted octanol–water partition coefficient (Wildman–Crippen LogP) is 4.01. The van der Waals surface area contributed by atoms with E-state index in [1.807, 2.05) is 0 Å². The number of ether oxygens (including phenoxy) is 1. The third kappa shape index (κ3) is 3.48. The van der Waals surface area contributed by atoms with Crippen LogP contribution in [-0.2, 0) is 0 Å². The van der Waals surface area contributed by atoms with Crippen molar-refractivity contribution in [3.05, 3.63) is 30.5 Å². The highest BCUT2D eigenvalue weighted by Gasteiger charge is 2.36. The number of benzene rings is 1. The maximum atomic E-state index is 12.9. The topological polar surface area (TPSA) is 114 Å². The van der Waals surface area contributed by atoms with Crippen molar-refractivity contribution >= 4 is 22.8 Å². The van der Waals surface area contributed by atoms with Crippen LogP contribution < -0.4 is 15.8 Å².